The number of rotatable bonds is 6. The lowest BCUT2D eigenvalue weighted by Gasteiger charge is -2.17. The van der Waals surface area contributed by atoms with Gasteiger partial charge in [-0.3, -0.25) is 4.68 Å². The number of anilines is 1. The monoisotopic (exact) mass is 273 g/mol. The summed E-state index contributed by atoms with van der Waals surface area (Å²) in [5.74, 6) is 1.28. The van der Waals surface area contributed by atoms with Gasteiger partial charge in [0.25, 0.3) is 0 Å². The minimum absolute atomic E-state index is 0.352. The number of nitrogens with one attached hydrogen (secondary N) is 1. The Hall–Kier alpha value is -1.91. The van der Waals surface area contributed by atoms with Gasteiger partial charge < -0.3 is 5.32 Å². The van der Waals surface area contributed by atoms with Crippen molar-refractivity contribution in [1.29, 1.82) is 0 Å². The Morgan fingerprint density at radius 3 is 2.70 bits per heavy atom. The second-order valence-electron chi connectivity index (χ2n) is 5.11. The van der Waals surface area contributed by atoms with Gasteiger partial charge in [-0.2, -0.15) is 5.10 Å². The molecule has 0 unspecified atom stereocenters. The third-order valence-corrected chi connectivity index (χ3v) is 3.20. The van der Waals surface area contributed by atoms with Gasteiger partial charge in [0.05, 0.1) is 11.4 Å². The first kappa shape index (κ1) is 14.5. The molecular formula is C15H23N5. The summed E-state index contributed by atoms with van der Waals surface area (Å²) in [7, 11) is 0. The second kappa shape index (κ2) is 6.50. The molecule has 2 rings (SSSR count). The van der Waals surface area contributed by atoms with Crippen LogP contribution in [0.4, 0.5) is 5.82 Å². The van der Waals surface area contributed by atoms with Crippen molar-refractivity contribution in [2.45, 2.75) is 46.6 Å². The van der Waals surface area contributed by atoms with Crippen LogP contribution in [0, 0.1) is 0 Å². The summed E-state index contributed by atoms with van der Waals surface area (Å²) in [6.45, 7) is 10.3. The van der Waals surface area contributed by atoms with Gasteiger partial charge in [-0.1, -0.05) is 20.8 Å². The first-order valence-corrected chi connectivity index (χ1v) is 7.29. The van der Waals surface area contributed by atoms with E-state index in [2.05, 4.69) is 48.1 Å². The highest BCUT2D eigenvalue weighted by Crippen LogP contribution is 2.31. The number of hydrogen-bond acceptors (Lipinski definition) is 4. The Kier molecular flexibility index (Phi) is 4.71. The van der Waals surface area contributed by atoms with Crippen molar-refractivity contribution in [3.05, 3.63) is 24.2 Å². The highest BCUT2D eigenvalue weighted by Gasteiger charge is 2.18. The van der Waals surface area contributed by atoms with Crippen LogP contribution in [0.2, 0.25) is 0 Å². The van der Waals surface area contributed by atoms with Gasteiger partial charge in [-0.15, -0.1) is 0 Å². The highest BCUT2D eigenvalue weighted by molar-refractivity contribution is 5.66. The highest BCUT2D eigenvalue weighted by atomic mass is 15.3. The second-order valence-corrected chi connectivity index (χ2v) is 5.11. The lowest BCUT2D eigenvalue weighted by atomic mass is 10.00. The third-order valence-electron chi connectivity index (χ3n) is 3.20. The maximum atomic E-state index is 4.52. The molecule has 0 bridgehead atoms. The minimum Gasteiger partial charge on any atom is -0.370 e. The van der Waals surface area contributed by atoms with E-state index < -0.39 is 0 Å². The molecule has 2 aromatic rings. The lowest BCUT2D eigenvalue weighted by Crippen LogP contribution is -2.10. The number of aryl methyl sites for hydroxylation is 1. The summed E-state index contributed by atoms with van der Waals surface area (Å²) in [4.78, 5) is 8.90. The fourth-order valence-corrected chi connectivity index (χ4v) is 2.38. The van der Waals surface area contributed by atoms with E-state index in [0.29, 0.717) is 5.92 Å². The van der Waals surface area contributed by atoms with Crippen molar-refractivity contribution in [3.8, 4) is 11.4 Å². The Morgan fingerprint density at radius 2 is 2.05 bits per heavy atom. The average Bonchev–Trinajstić information content (AvgIpc) is 2.87. The quantitative estimate of drug-likeness (QED) is 0.877. The van der Waals surface area contributed by atoms with Crippen LogP contribution in [-0.2, 0) is 6.54 Å². The SMILES string of the molecule is CCCn1nccc1-c1ncnc(NCC)c1C(C)C. The topological polar surface area (TPSA) is 55.6 Å². The number of nitrogens with zero attached hydrogens (tertiary/aromatic N) is 4. The molecule has 2 aromatic heterocycles. The summed E-state index contributed by atoms with van der Waals surface area (Å²) >= 11 is 0. The fourth-order valence-electron chi connectivity index (χ4n) is 2.38. The summed E-state index contributed by atoms with van der Waals surface area (Å²) in [5.41, 5.74) is 3.21. The zero-order valence-electron chi connectivity index (χ0n) is 12.7. The van der Waals surface area contributed by atoms with Crippen LogP contribution in [0.5, 0.6) is 0 Å². The van der Waals surface area contributed by atoms with Gasteiger partial charge in [0.1, 0.15) is 12.1 Å². The predicted octanol–water partition coefficient (Wildman–Crippen LogP) is 3.31. The van der Waals surface area contributed by atoms with Crippen LogP contribution in [0.3, 0.4) is 0 Å². The summed E-state index contributed by atoms with van der Waals surface area (Å²) in [5, 5.41) is 7.72. The molecule has 0 saturated carbocycles. The molecule has 0 aliphatic carbocycles. The van der Waals surface area contributed by atoms with Gasteiger partial charge >= 0.3 is 0 Å². The molecule has 2 heterocycles. The zero-order valence-corrected chi connectivity index (χ0v) is 12.7. The maximum Gasteiger partial charge on any atom is 0.133 e. The van der Waals surface area contributed by atoms with E-state index in [1.54, 1.807) is 6.33 Å². The van der Waals surface area contributed by atoms with Crippen molar-refractivity contribution >= 4 is 5.82 Å². The first-order valence-electron chi connectivity index (χ1n) is 7.29. The average molecular weight is 273 g/mol. The Morgan fingerprint density at radius 1 is 1.25 bits per heavy atom. The Bertz CT molecular complexity index is 559. The van der Waals surface area contributed by atoms with Gasteiger partial charge in [0.15, 0.2) is 0 Å². The lowest BCUT2D eigenvalue weighted by molar-refractivity contribution is 0.607. The predicted molar refractivity (Wildman–Crippen MR) is 81.8 cm³/mol. The van der Waals surface area contributed by atoms with Crippen LogP contribution in [0.1, 0.15) is 45.6 Å². The largest absolute Gasteiger partial charge is 0.370 e. The third kappa shape index (κ3) is 2.81. The molecule has 0 fully saturated rings. The van der Waals surface area contributed by atoms with E-state index in [0.717, 1.165) is 42.3 Å². The first-order chi connectivity index (χ1) is 9.69. The van der Waals surface area contributed by atoms with E-state index >= 15 is 0 Å². The normalized spacial score (nSPS) is 11.1. The molecule has 0 atom stereocenters. The van der Waals surface area contributed by atoms with Crippen LogP contribution in [0.15, 0.2) is 18.6 Å². The molecule has 20 heavy (non-hydrogen) atoms. The van der Waals surface area contributed by atoms with Gasteiger partial charge in [-0.25, -0.2) is 9.97 Å². The molecule has 5 heteroatoms. The standard InChI is InChI=1S/C15H23N5/c1-5-9-20-12(7-8-19-20)14-13(11(3)4)15(16-6-2)18-10-17-14/h7-8,10-11H,5-6,9H2,1-4H3,(H,16,17,18). The van der Waals surface area contributed by atoms with Crippen LogP contribution in [-0.4, -0.2) is 26.3 Å². The molecule has 108 valence electrons. The van der Waals surface area contributed by atoms with E-state index in [4.69, 9.17) is 0 Å². The zero-order chi connectivity index (χ0) is 14.5. The molecule has 0 radical (unpaired) electrons. The molecular weight excluding hydrogens is 250 g/mol. The van der Waals surface area contributed by atoms with Crippen LogP contribution in [0.25, 0.3) is 11.4 Å². The molecule has 1 N–H and O–H groups in total. The van der Waals surface area contributed by atoms with Gasteiger partial charge in [0.2, 0.25) is 0 Å². The molecule has 0 spiro atoms. The van der Waals surface area contributed by atoms with Crippen molar-refractivity contribution in [2.24, 2.45) is 0 Å². The fraction of sp³-hybridized carbons (Fsp3) is 0.533. The van der Waals surface area contributed by atoms with Crippen molar-refractivity contribution in [2.75, 3.05) is 11.9 Å². The summed E-state index contributed by atoms with van der Waals surface area (Å²) in [6, 6.07) is 2.03. The summed E-state index contributed by atoms with van der Waals surface area (Å²) in [6.07, 6.45) is 4.52. The molecule has 5 nitrogen and oxygen atoms in total. The summed E-state index contributed by atoms with van der Waals surface area (Å²) < 4.78 is 2.02. The maximum absolute atomic E-state index is 4.52. The molecule has 0 aliphatic rings. The van der Waals surface area contributed by atoms with Crippen molar-refractivity contribution in [3.63, 3.8) is 0 Å². The molecule has 0 saturated heterocycles. The molecule has 0 aromatic carbocycles. The van der Waals surface area contributed by atoms with Crippen LogP contribution >= 0.6 is 0 Å². The van der Waals surface area contributed by atoms with E-state index in [9.17, 15) is 0 Å². The molecule has 0 amide bonds. The van der Waals surface area contributed by atoms with Crippen molar-refractivity contribution < 1.29 is 0 Å². The van der Waals surface area contributed by atoms with Gasteiger partial charge in [0, 0.05) is 24.8 Å². The Labute approximate surface area is 120 Å². The Balaban J connectivity index is 2.55. The van der Waals surface area contributed by atoms with E-state index in [1.807, 2.05) is 16.9 Å². The number of hydrogen-bond donors (Lipinski definition) is 1. The van der Waals surface area contributed by atoms with E-state index in [-0.39, 0.29) is 0 Å². The van der Waals surface area contributed by atoms with Crippen LogP contribution < -0.4 is 5.32 Å². The minimum atomic E-state index is 0.352. The molecule has 0 aliphatic heterocycles. The number of aromatic nitrogens is 4. The van der Waals surface area contributed by atoms with E-state index in [1.165, 1.54) is 0 Å². The van der Waals surface area contributed by atoms with Crippen molar-refractivity contribution in [1.82, 2.24) is 19.7 Å². The smallest absolute Gasteiger partial charge is 0.133 e. The van der Waals surface area contributed by atoms with Gasteiger partial charge in [-0.05, 0) is 25.3 Å².